The number of aliphatic carboxylic acids is 1. The van der Waals surface area contributed by atoms with Crippen molar-refractivity contribution in [3.05, 3.63) is 0 Å². The normalized spacial score (nSPS) is 29.7. The van der Waals surface area contributed by atoms with E-state index in [2.05, 4.69) is 20.7 Å². The van der Waals surface area contributed by atoms with Crippen molar-refractivity contribution in [1.82, 2.24) is 20.7 Å². The molecule has 3 rings (SSSR count). The van der Waals surface area contributed by atoms with E-state index in [-0.39, 0.29) is 66.7 Å². The van der Waals surface area contributed by atoms with E-state index in [1.165, 1.54) is 0 Å². The Balaban J connectivity index is 1.50. The number of urea groups is 1. The first-order chi connectivity index (χ1) is 22.2. The Bertz CT molecular complexity index is 1160. The number of carbonyl (C=O) groups is 4. The fourth-order valence-corrected chi connectivity index (χ4v) is 9.44. The molecular formula is C33H58N4O9S. The zero-order chi connectivity index (χ0) is 34.7. The molecular weight excluding hydrogens is 628 g/mol. The summed E-state index contributed by atoms with van der Waals surface area (Å²) in [6, 6.07) is -1.62. The molecule has 270 valence electrons. The van der Waals surface area contributed by atoms with Crippen LogP contribution >= 0.6 is 0 Å². The van der Waals surface area contributed by atoms with Crippen LogP contribution in [-0.2, 0) is 33.9 Å². The number of nitrogens with one attached hydrogen (secondary N) is 4. The van der Waals surface area contributed by atoms with Crippen molar-refractivity contribution in [2.75, 3.05) is 14.2 Å². The molecule has 0 aromatic heterocycles. The molecule has 4 amide bonds. The van der Waals surface area contributed by atoms with Crippen LogP contribution in [0.5, 0.6) is 0 Å². The van der Waals surface area contributed by atoms with Crippen LogP contribution in [0.25, 0.3) is 0 Å². The SMILES string of the molecule is COC1CCC([C@H](CC(=O)O)NC(=O)C(CC(=O)NC2CCC(NC(=O)NS(=O)(=O)C3CCCCC3C)CC2)CC(C)C)CC1OC. The Morgan fingerprint density at radius 1 is 0.830 bits per heavy atom. The molecule has 6 unspecified atom stereocenters. The number of carbonyl (C=O) groups excluding carboxylic acids is 3. The molecule has 14 heteroatoms. The number of rotatable bonds is 15. The van der Waals surface area contributed by atoms with Crippen molar-refractivity contribution >= 4 is 33.8 Å². The number of methoxy groups -OCH3 is 2. The third kappa shape index (κ3) is 12.2. The zero-order valence-electron chi connectivity index (χ0n) is 28.8. The number of carboxylic acid groups (broad SMARTS) is 1. The Morgan fingerprint density at radius 2 is 1.45 bits per heavy atom. The quantitative estimate of drug-likeness (QED) is 0.172. The lowest BCUT2D eigenvalue weighted by Gasteiger charge is -2.38. The van der Waals surface area contributed by atoms with Crippen LogP contribution in [0.3, 0.4) is 0 Å². The van der Waals surface area contributed by atoms with Gasteiger partial charge in [-0.15, -0.1) is 0 Å². The standard InChI is InChI=1S/C33H58N4O9S/c1-20(2)16-23(32(41)36-26(19-31(39)40)22-10-15-27(45-4)28(17-22)46-5)18-30(38)34-24-11-13-25(14-12-24)35-33(42)37-47(43,44)29-9-7-6-8-21(29)3/h20-29H,6-19H2,1-5H3,(H,34,38)(H,36,41)(H,39,40)(H2,35,37,42)/t21?,22?,23?,24?,25?,26-,27?,28?,29?/m0/s1. The summed E-state index contributed by atoms with van der Waals surface area (Å²) in [7, 11) is -0.523. The zero-order valence-corrected chi connectivity index (χ0v) is 29.6. The van der Waals surface area contributed by atoms with Crippen LogP contribution in [0.2, 0.25) is 0 Å². The average molecular weight is 687 g/mol. The summed E-state index contributed by atoms with van der Waals surface area (Å²) in [5.41, 5.74) is 0. The largest absolute Gasteiger partial charge is 0.481 e. The highest BCUT2D eigenvalue weighted by molar-refractivity contribution is 7.90. The highest BCUT2D eigenvalue weighted by atomic mass is 32.2. The summed E-state index contributed by atoms with van der Waals surface area (Å²) in [6.45, 7) is 5.87. The maximum atomic E-state index is 13.5. The van der Waals surface area contributed by atoms with Gasteiger partial charge < -0.3 is 30.5 Å². The summed E-state index contributed by atoms with van der Waals surface area (Å²) < 4.78 is 38.9. The first-order valence-electron chi connectivity index (χ1n) is 17.4. The molecule has 0 aromatic rings. The lowest BCUT2D eigenvalue weighted by atomic mass is 9.79. The maximum Gasteiger partial charge on any atom is 0.328 e. The minimum atomic E-state index is -3.76. The number of sulfonamides is 1. The van der Waals surface area contributed by atoms with Crippen LogP contribution < -0.4 is 20.7 Å². The fraction of sp³-hybridized carbons (Fsp3) is 0.879. The molecule has 0 saturated heterocycles. The molecule has 3 aliphatic carbocycles. The minimum Gasteiger partial charge on any atom is -0.481 e. The van der Waals surface area contributed by atoms with E-state index in [0.717, 1.165) is 19.3 Å². The van der Waals surface area contributed by atoms with E-state index in [1.807, 2.05) is 20.8 Å². The van der Waals surface area contributed by atoms with E-state index in [1.54, 1.807) is 14.2 Å². The van der Waals surface area contributed by atoms with Gasteiger partial charge in [-0.05, 0) is 82.0 Å². The van der Waals surface area contributed by atoms with Gasteiger partial charge in [-0.2, -0.15) is 0 Å². The van der Waals surface area contributed by atoms with Crippen LogP contribution in [0.1, 0.15) is 111 Å². The van der Waals surface area contributed by atoms with E-state index >= 15 is 0 Å². The molecule has 0 spiro atoms. The highest BCUT2D eigenvalue weighted by Gasteiger charge is 2.38. The lowest BCUT2D eigenvalue weighted by molar-refractivity contribution is -0.139. The van der Waals surface area contributed by atoms with Gasteiger partial charge in [0.2, 0.25) is 21.8 Å². The molecule has 0 radical (unpaired) electrons. The van der Waals surface area contributed by atoms with Gasteiger partial charge in [-0.25, -0.2) is 17.9 Å². The predicted molar refractivity (Wildman–Crippen MR) is 177 cm³/mol. The number of hydrogen-bond donors (Lipinski definition) is 5. The predicted octanol–water partition coefficient (Wildman–Crippen LogP) is 3.46. The summed E-state index contributed by atoms with van der Waals surface area (Å²) in [6.07, 6.45) is 7.55. The summed E-state index contributed by atoms with van der Waals surface area (Å²) in [5, 5.41) is 17.9. The molecule has 3 fully saturated rings. The Kier molecular flexibility index (Phi) is 15.2. The monoisotopic (exact) mass is 686 g/mol. The second-order valence-corrected chi connectivity index (χ2v) is 16.3. The van der Waals surface area contributed by atoms with Crippen molar-refractivity contribution in [2.45, 2.75) is 146 Å². The van der Waals surface area contributed by atoms with E-state index in [4.69, 9.17) is 9.47 Å². The molecule has 7 atom stereocenters. The molecule has 0 bridgehead atoms. The van der Waals surface area contributed by atoms with Gasteiger partial charge in [0.25, 0.3) is 0 Å². The van der Waals surface area contributed by atoms with E-state index in [0.29, 0.717) is 57.8 Å². The van der Waals surface area contributed by atoms with Crippen LogP contribution in [0.15, 0.2) is 0 Å². The summed E-state index contributed by atoms with van der Waals surface area (Å²) in [4.78, 5) is 51.0. The Labute approximate surface area is 280 Å². The number of amides is 4. The van der Waals surface area contributed by atoms with Crippen molar-refractivity contribution in [3.8, 4) is 0 Å². The summed E-state index contributed by atoms with van der Waals surface area (Å²) >= 11 is 0. The second kappa shape index (κ2) is 18.4. The fourth-order valence-electron chi connectivity index (χ4n) is 7.75. The molecule has 0 aliphatic heterocycles. The van der Waals surface area contributed by atoms with Gasteiger partial charge in [0.15, 0.2) is 0 Å². The van der Waals surface area contributed by atoms with Gasteiger partial charge in [-0.1, -0.05) is 33.6 Å². The molecule has 47 heavy (non-hydrogen) atoms. The third-order valence-electron chi connectivity index (χ3n) is 10.3. The molecule has 3 aliphatic rings. The van der Waals surface area contributed by atoms with Gasteiger partial charge in [0.1, 0.15) is 0 Å². The van der Waals surface area contributed by atoms with Crippen molar-refractivity contribution in [2.24, 2.45) is 23.7 Å². The van der Waals surface area contributed by atoms with Gasteiger partial charge in [0.05, 0.1) is 23.9 Å². The van der Waals surface area contributed by atoms with Gasteiger partial charge in [-0.3, -0.25) is 14.4 Å². The average Bonchev–Trinajstić information content (AvgIpc) is 3.00. The smallest absolute Gasteiger partial charge is 0.328 e. The number of ether oxygens (including phenoxy) is 2. The van der Waals surface area contributed by atoms with Crippen molar-refractivity contribution in [1.29, 1.82) is 0 Å². The molecule has 13 nitrogen and oxygen atoms in total. The second-order valence-electron chi connectivity index (χ2n) is 14.4. The number of carboxylic acids is 1. The number of hydrogen-bond acceptors (Lipinski definition) is 8. The molecule has 0 heterocycles. The third-order valence-corrected chi connectivity index (χ3v) is 12.3. The van der Waals surface area contributed by atoms with E-state index < -0.39 is 39.2 Å². The van der Waals surface area contributed by atoms with Gasteiger partial charge >= 0.3 is 12.0 Å². The van der Waals surface area contributed by atoms with Crippen LogP contribution in [-0.4, -0.2) is 87.1 Å². The summed E-state index contributed by atoms with van der Waals surface area (Å²) in [5.74, 6) is -2.13. The topological polar surface area (TPSA) is 189 Å². The van der Waals surface area contributed by atoms with Crippen molar-refractivity contribution in [3.63, 3.8) is 0 Å². The highest BCUT2D eigenvalue weighted by Crippen LogP contribution is 2.32. The van der Waals surface area contributed by atoms with E-state index in [9.17, 15) is 32.7 Å². The molecule has 0 aromatic carbocycles. The van der Waals surface area contributed by atoms with Crippen LogP contribution in [0, 0.1) is 23.7 Å². The lowest BCUT2D eigenvalue weighted by Crippen LogP contribution is -2.51. The Hall–Kier alpha value is -2.45. The first-order valence-corrected chi connectivity index (χ1v) is 19.0. The Morgan fingerprint density at radius 3 is 2.02 bits per heavy atom. The first kappa shape index (κ1) is 39.0. The molecule has 5 N–H and O–H groups in total. The maximum absolute atomic E-state index is 13.5. The minimum absolute atomic E-state index is 0.00948. The van der Waals surface area contributed by atoms with Crippen LogP contribution in [0.4, 0.5) is 4.79 Å². The van der Waals surface area contributed by atoms with Crippen molar-refractivity contribution < 1.29 is 42.2 Å². The van der Waals surface area contributed by atoms with Gasteiger partial charge in [0, 0.05) is 44.7 Å². The molecule has 3 saturated carbocycles.